The van der Waals surface area contributed by atoms with Crippen LogP contribution in [0.2, 0.25) is 5.02 Å². The Labute approximate surface area is 188 Å². The highest BCUT2D eigenvalue weighted by Gasteiger charge is 2.32. The van der Waals surface area contributed by atoms with Gasteiger partial charge in [0.1, 0.15) is 11.6 Å². The second-order valence-corrected chi connectivity index (χ2v) is 8.81. The van der Waals surface area contributed by atoms with Crippen LogP contribution in [0.25, 0.3) is 0 Å². The topological polar surface area (TPSA) is 107 Å². The molecule has 3 rings (SSSR count). The molecule has 0 aromatic heterocycles. The number of methoxy groups -OCH3 is 1. The summed E-state index contributed by atoms with van der Waals surface area (Å²) in [5, 5.41) is 11.0. The minimum absolute atomic E-state index is 0.148. The van der Waals surface area contributed by atoms with Crippen LogP contribution >= 0.6 is 11.6 Å². The zero-order chi connectivity index (χ0) is 23.5. The molecule has 0 N–H and O–H groups in total. The molecule has 11 heteroatoms. The summed E-state index contributed by atoms with van der Waals surface area (Å²) in [6.07, 6.45) is 0. The number of nitrogens with zero attached hydrogens (tertiary/aromatic N) is 2. The molecule has 166 valence electrons. The number of ether oxygens (including phenoxy) is 1. The van der Waals surface area contributed by atoms with Gasteiger partial charge in [0.2, 0.25) is 0 Å². The van der Waals surface area contributed by atoms with Crippen molar-refractivity contribution in [3.8, 4) is 5.75 Å². The Kier molecular flexibility index (Phi) is 6.75. The molecule has 0 heterocycles. The van der Waals surface area contributed by atoms with Gasteiger partial charge < -0.3 is 4.74 Å². The number of hydrogen-bond donors (Lipinski definition) is 0. The lowest BCUT2D eigenvalue weighted by Crippen LogP contribution is -2.36. The average molecular weight is 479 g/mol. The van der Waals surface area contributed by atoms with E-state index in [0.29, 0.717) is 15.6 Å². The maximum atomic E-state index is 13.8. The highest BCUT2D eigenvalue weighted by atomic mass is 35.5. The van der Waals surface area contributed by atoms with Crippen molar-refractivity contribution in [2.75, 3.05) is 7.11 Å². The van der Waals surface area contributed by atoms with Gasteiger partial charge in [-0.25, -0.2) is 17.1 Å². The first-order valence-electron chi connectivity index (χ1n) is 9.03. The number of carbonyl (C=O) groups is 1. The molecule has 0 aliphatic heterocycles. The maximum absolute atomic E-state index is 13.8. The van der Waals surface area contributed by atoms with Crippen LogP contribution in [-0.4, -0.2) is 30.7 Å². The van der Waals surface area contributed by atoms with Crippen molar-refractivity contribution < 1.29 is 27.3 Å². The number of hydrogen-bond acceptors (Lipinski definition) is 6. The van der Waals surface area contributed by atoms with E-state index in [0.717, 1.165) is 36.4 Å². The van der Waals surface area contributed by atoms with Crippen LogP contribution in [0, 0.1) is 15.9 Å². The third-order valence-electron chi connectivity index (χ3n) is 4.49. The van der Waals surface area contributed by atoms with Gasteiger partial charge in [0.05, 0.1) is 34.1 Å². The van der Waals surface area contributed by atoms with Crippen LogP contribution in [0.15, 0.2) is 71.6 Å². The molecular formula is C21H16ClFN2O6S. The number of rotatable bonds is 7. The van der Waals surface area contributed by atoms with E-state index in [2.05, 4.69) is 0 Å². The Morgan fingerprint density at radius 1 is 1.12 bits per heavy atom. The lowest BCUT2D eigenvalue weighted by atomic mass is 10.2. The van der Waals surface area contributed by atoms with Gasteiger partial charge >= 0.3 is 0 Å². The highest BCUT2D eigenvalue weighted by Crippen LogP contribution is 2.27. The highest BCUT2D eigenvalue weighted by molar-refractivity contribution is 7.89. The average Bonchev–Trinajstić information content (AvgIpc) is 2.79. The summed E-state index contributed by atoms with van der Waals surface area (Å²) in [6, 6.07) is 13.5. The zero-order valence-corrected chi connectivity index (χ0v) is 18.1. The molecule has 8 nitrogen and oxygen atoms in total. The first kappa shape index (κ1) is 23.2. The number of carbonyl (C=O) groups excluding carboxylic acids is 1. The third kappa shape index (κ3) is 4.87. The van der Waals surface area contributed by atoms with Gasteiger partial charge in [-0.3, -0.25) is 14.9 Å². The number of benzene rings is 3. The standard InChI is InChI=1S/C21H16ClFN2O6S/c1-31-17-8-5-14(6-9-17)13-24(21(26)19-11-15(23)7-10-20(19)22)32(29,30)18-4-2-3-16(12-18)25(27)28/h2-12H,13H2,1H3. The Hall–Kier alpha value is -3.50. The third-order valence-corrected chi connectivity index (χ3v) is 6.54. The van der Waals surface area contributed by atoms with E-state index < -0.39 is 43.8 Å². The van der Waals surface area contributed by atoms with Crippen molar-refractivity contribution in [2.24, 2.45) is 0 Å². The predicted molar refractivity (Wildman–Crippen MR) is 115 cm³/mol. The molecule has 3 aromatic carbocycles. The summed E-state index contributed by atoms with van der Waals surface area (Å²) in [6.45, 7) is -0.430. The number of amides is 1. The summed E-state index contributed by atoms with van der Waals surface area (Å²) < 4.78 is 46.1. The van der Waals surface area contributed by atoms with Gasteiger partial charge in [-0.15, -0.1) is 0 Å². The quantitative estimate of drug-likeness (QED) is 0.367. The van der Waals surface area contributed by atoms with Crippen LogP contribution in [0.5, 0.6) is 5.75 Å². The Morgan fingerprint density at radius 3 is 2.44 bits per heavy atom. The van der Waals surface area contributed by atoms with Crippen LogP contribution < -0.4 is 4.74 Å². The maximum Gasteiger partial charge on any atom is 0.270 e. The molecule has 0 unspecified atom stereocenters. The number of non-ortho nitro benzene ring substituents is 1. The monoisotopic (exact) mass is 478 g/mol. The smallest absolute Gasteiger partial charge is 0.270 e. The molecule has 32 heavy (non-hydrogen) atoms. The number of nitro groups is 1. The zero-order valence-electron chi connectivity index (χ0n) is 16.6. The molecule has 0 aliphatic rings. The summed E-state index contributed by atoms with van der Waals surface area (Å²) >= 11 is 6.03. The number of nitro benzene ring substituents is 1. The second-order valence-electron chi connectivity index (χ2n) is 6.54. The van der Waals surface area contributed by atoms with Gasteiger partial charge in [-0.2, -0.15) is 0 Å². The Bertz CT molecular complexity index is 1280. The van der Waals surface area contributed by atoms with Gasteiger partial charge in [0.25, 0.3) is 21.6 Å². The van der Waals surface area contributed by atoms with Crippen molar-refractivity contribution >= 4 is 33.2 Å². The van der Waals surface area contributed by atoms with Crippen molar-refractivity contribution in [1.82, 2.24) is 4.31 Å². The predicted octanol–water partition coefficient (Wildman–Crippen LogP) is 4.43. The van der Waals surface area contributed by atoms with Crippen molar-refractivity contribution in [3.63, 3.8) is 0 Å². The van der Waals surface area contributed by atoms with E-state index in [1.165, 1.54) is 13.2 Å². The molecule has 0 saturated carbocycles. The van der Waals surface area contributed by atoms with E-state index in [-0.39, 0.29) is 10.6 Å². The minimum atomic E-state index is -4.58. The Balaban J connectivity index is 2.12. The lowest BCUT2D eigenvalue weighted by Gasteiger charge is -2.23. The van der Waals surface area contributed by atoms with E-state index in [9.17, 15) is 27.7 Å². The molecule has 0 atom stereocenters. The molecule has 0 aliphatic carbocycles. The van der Waals surface area contributed by atoms with Crippen LogP contribution in [0.1, 0.15) is 15.9 Å². The van der Waals surface area contributed by atoms with Gasteiger partial charge in [0.15, 0.2) is 0 Å². The van der Waals surface area contributed by atoms with Gasteiger partial charge in [-0.1, -0.05) is 29.8 Å². The van der Waals surface area contributed by atoms with E-state index in [4.69, 9.17) is 16.3 Å². The van der Waals surface area contributed by atoms with Gasteiger partial charge in [0, 0.05) is 12.1 Å². The largest absolute Gasteiger partial charge is 0.497 e. The molecular weight excluding hydrogens is 463 g/mol. The molecule has 3 aromatic rings. The molecule has 0 saturated heterocycles. The van der Waals surface area contributed by atoms with Crippen molar-refractivity contribution in [1.29, 1.82) is 0 Å². The van der Waals surface area contributed by atoms with E-state index in [1.54, 1.807) is 24.3 Å². The summed E-state index contributed by atoms with van der Waals surface area (Å²) in [5.41, 5.74) is -0.415. The molecule has 0 radical (unpaired) electrons. The van der Waals surface area contributed by atoms with Crippen LogP contribution in [-0.2, 0) is 16.6 Å². The van der Waals surface area contributed by atoms with Crippen molar-refractivity contribution in [2.45, 2.75) is 11.4 Å². The first-order chi connectivity index (χ1) is 15.1. The van der Waals surface area contributed by atoms with Crippen molar-refractivity contribution in [3.05, 3.63) is 98.8 Å². The van der Waals surface area contributed by atoms with Gasteiger partial charge in [-0.05, 0) is 42.0 Å². The summed E-state index contributed by atoms with van der Waals surface area (Å²) in [5.74, 6) is -1.35. The normalized spacial score (nSPS) is 11.1. The molecule has 0 fully saturated rings. The fourth-order valence-corrected chi connectivity index (χ4v) is 4.45. The van der Waals surface area contributed by atoms with Crippen LogP contribution in [0.3, 0.4) is 0 Å². The fourth-order valence-electron chi connectivity index (χ4n) is 2.84. The SMILES string of the molecule is COc1ccc(CN(C(=O)c2cc(F)ccc2Cl)S(=O)(=O)c2cccc([N+](=O)[O-])c2)cc1. The molecule has 0 spiro atoms. The Morgan fingerprint density at radius 2 is 1.81 bits per heavy atom. The van der Waals surface area contributed by atoms with E-state index >= 15 is 0 Å². The summed E-state index contributed by atoms with van der Waals surface area (Å²) in [4.78, 5) is 23.1. The van der Waals surface area contributed by atoms with Crippen LogP contribution in [0.4, 0.5) is 10.1 Å². The fraction of sp³-hybridized carbons (Fsp3) is 0.0952. The minimum Gasteiger partial charge on any atom is -0.497 e. The molecule has 0 bridgehead atoms. The lowest BCUT2D eigenvalue weighted by molar-refractivity contribution is -0.385. The van der Waals surface area contributed by atoms with E-state index in [1.807, 2.05) is 0 Å². The second kappa shape index (κ2) is 9.33. The first-order valence-corrected chi connectivity index (χ1v) is 10.8. The molecule has 1 amide bonds. The summed E-state index contributed by atoms with van der Waals surface area (Å²) in [7, 11) is -3.12. The number of sulfonamides is 1. The number of halogens is 2.